The molecule has 1 spiro atoms. The van der Waals surface area contributed by atoms with Crippen molar-refractivity contribution in [2.24, 2.45) is 5.92 Å². The van der Waals surface area contributed by atoms with Crippen LogP contribution in [-0.4, -0.2) is 67.2 Å². The molecule has 0 saturated carbocycles. The van der Waals surface area contributed by atoms with Crippen molar-refractivity contribution >= 4 is 15.7 Å². The van der Waals surface area contributed by atoms with Gasteiger partial charge in [-0.25, -0.2) is 8.42 Å². The molecule has 3 fully saturated rings. The van der Waals surface area contributed by atoms with E-state index < -0.39 is 21.5 Å². The number of piperidine rings is 1. The molecule has 3 aliphatic heterocycles. The van der Waals surface area contributed by atoms with Crippen molar-refractivity contribution in [2.75, 3.05) is 31.2 Å². The fourth-order valence-corrected chi connectivity index (χ4v) is 5.38. The van der Waals surface area contributed by atoms with Crippen LogP contribution in [0, 0.1) is 5.92 Å². The smallest absolute Gasteiger partial charge is 0.225 e. The third-order valence-electron chi connectivity index (χ3n) is 5.44. The molecule has 0 radical (unpaired) electrons. The van der Waals surface area contributed by atoms with Crippen molar-refractivity contribution in [1.82, 2.24) is 4.90 Å². The average Bonchev–Trinajstić information content (AvgIpc) is 2.51. The minimum atomic E-state index is -2.93. The van der Waals surface area contributed by atoms with E-state index in [-0.39, 0.29) is 23.3 Å². The van der Waals surface area contributed by atoms with Crippen LogP contribution in [0.25, 0.3) is 0 Å². The second kappa shape index (κ2) is 6.09. The fraction of sp³-hybridized carbons (Fsp3) is 0.933. The monoisotopic (exact) mass is 331 g/mol. The highest BCUT2D eigenvalue weighted by molar-refractivity contribution is 7.91. The number of ether oxygens (including phenoxy) is 1. The van der Waals surface area contributed by atoms with Crippen LogP contribution in [0.15, 0.2) is 0 Å². The van der Waals surface area contributed by atoms with Gasteiger partial charge in [-0.1, -0.05) is 0 Å². The summed E-state index contributed by atoms with van der Waals surface area (Å²) >= 11 is 0. The molecule has 0 bridgehead atoms. The Kier molecular flexibility index (Phi) is 4.49. The number of hydrogen-bond acceptors (Lipinski definition) is 5. The Morgan fingerprint density at radius 2 is 1.77 bits per heavy atom. The first kappa shape index (κ1) is 16.2. The molecule has 1 N–H and O–H groups in total. The molecular weight excluding hydrogens is 306 g/mol. The summed E-state index contributed by atoms with van der Waals surface area (Å²) in [6.45, 7) is 1.88. The molecule has 0 aliphatic carbocycles. The molecule has 6 nitrogen and oxygen atoms in total. The van der Waals surface area contributed by atoms with Gasteiger partial charge in [0, 0.05) is 25.6 Å². The number of nitrogens with zero attached hydrogens (tertiary/aromatic N) is 1. The molecule has 0 aromatic carbocycles. The topological polar surface area (TPSA) is 83.9 Å². The molecule has 0 aromatic heterocycles. The minimum absolute atomic E-state index is 0.0787. The Balaban J connectivity index is 1.56. The van der Waals surface area contributed by atoms with Gasteiger partial charge in [0.15, 0.2) is 0 Å². The van der Waals surface area contributed by atoms with Gasteiger partial charge in [0.2, 0.25) is 5.91 Å². The number of aliphatic hydroxyl groups excluding tert-OH is 1. The number of rotatable bonds is 1. The molecule has 1 atom stereocenters. The van der Waals surface area contributed by atoms with E-state index in [0.29, 0.717) is 45.4 Å². The highest BCUT2D eigenvalue weighted by Gasteiger charge is 2.45. The summed E-state index contributed by atoms with van der Waals surface area (Å²) in [7, 11) is -2.93. The summed E-state index contributed by atoms with van der Waals surface area (Å²) in [5.41, 5.74) is -0.467. The van der Waals surface area contributed by atoms with Gasteiger partial charge in [0.05, 0.1) is 23.2 Å². The van der Waals surface area contributed by atoms with Gasteiger partial charge < -0.3 is 14.7 Å². The lowest BCUT2D eigenvalue weighted by Gasteiger charge is -2.47. The molecular formula is C15H25NO5S. The van der Waals surface area contributed by atoms with Crippen molar-refractivity contribution in [1.29, 1.82) is 0 Å². The predicted molar refractivity (Wildman–Crippen MR) is 81.1 cm³/mol. The van der Waals surface area contributed by atoms with Crippen molar-refractivity contribution < 1.29 is 23.1 Å². The maximum Gasteiger partial charge on any atom is 0.225 e. The van der Waals surface area contributed by atoms with Crippen molar-refractivity contribution in [3.8, 4) is 0 Å². The molecule has 1 unspecified atom stereocenters. The highest BCUT2D eigenvalue weighted by atomic mass is 32.2. The van der Waals surface area contributed by atoms with E-state index in [1.807, 2.05) is 4.90 Å². The van der Waals surface area contributed by atoms with Gasteiger partial charge in [-0.2, -0.15) is 0 Å². The van der Waals surface area contributed by atoms with Crippen LogP contribution in [0.5, 0.6) is 0 Å². The molecule has 22 heavy (non-hydrogen) atoms. The highest BCUT2D eigenvalue weighted by Crippen LogP contribution is 2.36. The number of amides is 1. The number of likely N-dealkylation sites (tertiary alicyclic amines) is 1. The minimum Gasteiger partial charge on any atom is -0.390 e. The Labute approximate surface area is 131 Å². The Hall–Kier alpha value is -0.660. The van der Waals surface area contributed by atoms with Gasteiger partial charge in [0.25, 0.3) is 0 Å². The SMILES string of the molecule is O=C(C1CCS(=O)(=O)CC1)N1CCC2(CC1)OCCCC2O. The summed E-state index contributed by atoms with van der Waals surface area (Å²) in [6.07, 6.45) is 3.47. The Morgan fingerprint density at radius 3 is 2.36 bits per heavy atom. The van der Waals surface area contributed by atoms with Gasteiger partial charge in [-0.05, 0) is 38.5 Å². The molecule has 3 saturated heterocycles. The van der Waals surface area contributed by atoms with Crippen LogP contribution in [-0.2, 0) is 19.4 Å². The zero-order valence-corrected chi connectivity index (χ0v) is 13.7. The van der Waals surface area contributed by atoms with Crippen LogP contribution < -0.4 is 0 Å². The summed E-state index contributed by atoms with van der Waals surface area (Å²) in [6, 6.07) is 0. The predicted octanol–water partition coefficient (Wildman–Crippen LogP) is 0.344. The number of aliphatic hydroxyl groups is 1. The maximum atomic E-state index is 12.5. The van der Waals surface area contributed by atoms with E-state index in [9.17, 15) is 18.3 Å². The van der Waals surface area contributed by atoms with Gasteiger partial charge >= 0.3 is 0 Å². The van der Waals surface area contributed by atoms with Crippen LogP contribution in [0.1, 0.15) is 38.5 Å². The lowest BCUT2D eigenvalue weighted by molar-refractivity contribution is -0.180. The van der Waals surface area contributed by atoms with Crippen LogP contribution in [0.4, 0.5) is 0 Å². The normalized spacial score (nSPS) is 32.0. The molecule has 0 aromatic rings. The molecule has 1 amide bonds. The Morgan fingerprint density at radius 1 is 1.14 bits per heavy atom. The third-order valence-corrected chi connectivity index (χ3v) is 7.16. The largest absolute Gasteiger partial charge is 0.390 e. The zero-order chi connectivity index (χ0) is 15.8. The van der Waals surface area contributed by atoms with E-state index in [4.69, 9.17) is 4.74 Å². The van der Waals surface area contributed by atoms with Gasteiger partial charge in [-0.3, -0.25) is 4.79 Å². The molecule has 3 aliphatic rings. The quantitative estimate of drug-likeness (QED) is 0.749. The zero-order valence-electron chi connectivity index (χ0n) is 12.9. The van der Waals surface area contributed by atoms with Crippen molar-refractivity contribution in [3.05, 3.63) is 0 Å². The van der Waals surface area contributed by atoms with Crippen LogP contribution in [0.2, 0.25) is 0 Å². The first-order valence-corrected chi connectivity index (χ1v) is 10.1. The van der Waals surface area contributed by atoms with Crippen LogP contribution in [0.3, 0.4) is 0 Å². The summed E-state index contributed by atoms with van der Waals surface area (Å²) in [5, 5.41) is 10.2. The number of hydrogen-bond donors (Lipinski definition) is 1. The lowest BCUT2D eigenvalue weighted by Crippen LogP contribution is -2.56. The van der Waals surface area contributed by atoms with E-state index in [2.05, 4.69) is 0 Å². The molecule has 7 heteroatoms. The first-order valence-electron chi connectivity index (χ1n) is 8.23. The lowest BCUT2D eigenvalue weighted by atomic mass is 9.81. The average molecular weight is 331 g/mol. The Bertz CT molecular complexity index is 510. The summed E-state index contributed by atoms with van der Waals surface area (Å²) in [4.78, 5) is 14.4. The van der Waals surface area contributed by atoms with Gasteiger partial charge in [-0.15, -0.1) is 0 Å². The van der Waals surface area contributed by atoms with E-state index in [1.54, 1.807) is 0 Å². The molecule has 3 heterocycles. The second-order valence-corrected chi connectivity index (χ2v) is 9.13. The summed E-state index contributed by atoms with van der Waals surface area (Å²) in [5.74, 6) is 0.177. The molecule has 126 valence electrons. The summed E-state index contributed by atoms with van der Waals surface area (Å²) < 4.78 is 28.8. The fourth-order valence-electron chi connectivity index (χ4n) is 3.89. The third kappa shape index (κ3) is 3.16. The van der Waals surface area contributed by atoms with Gasteiger partial charge in [0.1, 0.15) is 9.84 Å². The number of carbonyl (C=O) groups is 1. The maximum absolute atomic E-state index is 12.5. The standard InChI is InChI=1S/C15H25NO5S/c17-13-2-1-9-21-15(13)5-7-16(8-6-15)14(18)12-3-10-22(19,20)11-4-12/h12-13,17H,1-11H2. The first-order chi connectivity index (χ1) is 10.4. The number of sulfone groups is 1. The van der Waals surface area contributed by atoms with Crippen LogP contribution >= 0.6 is 0 Å². The van der Waals surface area contributed by atoms with E-state index in [0.717, 1.165) is 12.8 Å². The van der Waals surface area contributed by atoms with Crippen molar-refractivity contribution in [2.45, 2.75) is 50.2 Å². The number of carbonyl (C=O) groups excluding carboxylic acids is 1. The van der Waals surface area contributed by atoms with E-state index in [1.165, 1.54) is 0 Å². The van der Waals surface area contributed by atoms with Crippen molar-refractivity contribution in [3.63, 3.8) is 0 Å². The van der Waals surface area contributed by atoms with E-state index >= 15 is 0 Å². The molecule has 3 rings (SSSR count). The second-order valence-electron chi connectivity index (χ2n) is 6.82.